The molecule has 1 aromatic carbocycles. The molecule has 2 fully saturated rings. The molecule has 0 spiro atoms. The van der Waals surface area contributed by atoms with Crippen LogP contribution in [0.2, 0.25) is 5.02 Å². The molecule has 2 aliphatic rings. The maximum Gasteiger partial charge on any atom is 0.318 e. The van der Waals surface area contributed by atoms with Gasteiger partial charge in [0.2, 0.25) is 5.91 Å². The molecule has 5 nitrogen and oxygen atoms in total. The lowest BCUT2D eigenvalue weighted by Gasteiger charge is -2.41. The van der Waals surface area contributed by atoms with Gasteiger partial charge in [0.1, 0.15) is 5.82 Å². The highest BCUT2D eigenvalue weighted by atomic mass is 35.5. The van der Waals surface area contributed by atoms with Gasteiger partial charge >= 0.3 is 6.03 Å². The Morgan fingerprint density at radius 3 is 2.62 bits per heavy atom. The lowest BCUT2D eigenvalue weighted by atomic mass is 9.84. The number of halogens is 2. The molecular weight excluding hydrogens is 333 g/mol. The van der Waals surface area contributed by atoms with Gasteiger partial charge in [-0.05, 0) is 31.9 Å². The summed E-state index contributed by atoms with van der Waals surface area (Å²) in [7, 11) is 0. The zero-order valence-electron chi connectivity index (χ0n) is 13.5. The summed E-state index contributed by atoms with van der Waals surface area (Å²) in [6, 6.07) is 3.64. The molecule has 24 heavy (non-hydrogen) atoms. The summed E-state index contributed by atoms with van der Waals surface area (Å²) in [6.45, 7) is 2.64. The van der Waals surface area contributed by atoms with Gasteiger partial charge in [0, 0.05) is 29.6 Å². The molecule has 3 amide bonds. The zero-order valence-corrected chi connectivity index (χ0v) is 14.3. The number of rotatable bonds is 4. The first-order valence-electron chi connectivity index (χ1n) is 8.25. The van der Waals surface area contributed by atoms with Gasteiger partial charge in [0.25, 0.3) is 0 Å². The molecule has 1 heterocycles. The number of hydrogen-bond donors (Lipinski definition) is 2. The molecule has 0 radical (unpaired) electrons. The van der Waals surface area contributed by atoms with Crippen LogP contribution >= 0.6 is 11.6 Å². The molecule has 7 heteroatoms. The lowest BCUT2D eigenvalue weighted by Crippen LogP contribution is -2.63. The van der Waals surface area contributed by atoms with Crippen molar-refractivity contribution in [1.82, 2.24) is 15.5 Å². The number of carbonyl (C=O) groups is 2. The van der Waals surface area contributed by atoms with E-state index in [-0.39, 0.29) is 34.5 Å². The van der Waals surface area contributed by atoms with E-state index in [0.717, 1.165) is 19.3 Å². The van der Waals surface area contributed by atoms with Gasteiger partial charge in [-0.15, -0.1) is 0 Å². The fraction of sp³-hybridized carbons (Fsp3) is 0.529. The maximum absolute atomic E-state index is 13.9. The minimum Gasteiger partial charge on any atom is -0.350 e. The predicted octanol–water partition coefficient (Wildman–Crippen LogP) is 2.85. The number of hydrogen-bond acceptors (Lipinski definition) is 2. The topological polar surface area (TPSA) is 61.4 Å². The first-order valence-corrected chi connectivity index (χ1v) is 8.63. The molecule has 1 unspecified atom stereocenters. The monoisotopic (exact) mass is 353 g/mol. The van der Waals surface area contributed by atoms with E-state index in [0.29, 0.717) is 13.1 Å². The van der Waals surface area contributed by atoms with Crippen molar-refractivity contribution < 1.29 is 14.0 Å². The second-order valence-corrected chi connectivity index (χ2v) is 6.95. The number of nitrogens with one attached hydrogen (secondary N) is 2. The van der Waals surface area contributed by atoms with Gasteiger partial charge in [-0.2, -0.15) is 0 Å². The van der Waals surface area contributed by atoms with Crippen LogP contribution in [-0.4, -0.2) is 36.0 Å². The molecule has 1 aliphatic heterocycles. The second-order valence-electron chi connectivity index (χ2n) is 6.54. The molecule has 2 N–H and O–H groups in total. The van der Waals surface area contributed by atoms with Crippen molar-refractivity contribution in [3.05, 3.63) is 34.6 Å². The summed E-state index contributed by atoms with van der Waals surface area (Å²) in [5, 5.41) is 6.00. The van der Waals surface area contributed by atoms with Crippen LogP contribution in [0.15, 0.2) is 18.2 Å². The van der Waals surface area contributed by atoms with Crippen molar-refractivity contribution in [3.8, 4) is 0 Å². The summed E-state index contributed by atoms with van der Waals surface area (Å²) >= 11 is 6.01. The van der Waals surface area contributed by atoms with Crippen LogP contribution in [0, 0.1) is 11.7 Å². The average molecular weight is 354 g/mol. The van der Waals surface area contributed by atoms with Crippen molar-refractivity contribution in [2.45, 2.75) is 38.3 Å². The van der Waals surface area contributed by atoms with Crippen LogP contribution in [0.25, 0.3) is 0 Å². The number of urea groups is 1. The van der Waals surface area contributed by atoms with Crippen LogP contribution in [0.1, 0.15) is 37.8 Å². The predicted molar refractivity (Wildman–Crippen MR) is 89.2 cm³/mol. The van der Waals surface area contributed by atoms with E-state index in [2.05, 4.69) is 10.6 Å². The Labute approximate surface area is 145 Å². The van der Waals surface area contributed by atoms with Gasteiger partial charge in [-0.25, -0.2) is 9.18 Å². The largest absolute Gasteiger partial charge is 0.350 e. The molecule has 1 aromatic rings. The fourth-order valence-electron chi connectivity index (χ4n) is 3.00. The van der Waals surface area contributed by atoms with Crippen LogP contribution < -0.4 is 10.6 Å². The molecular formula is C17H21ClFN3O2. The third-order valence-electron chi connectivity index (χ3n) is 4.76. The Kier molecular flexibility index (Phi) is 4.94. The Balaban J connectivity index is 1.47. The molecule has 0 aromatic heterocycles. The van der Waals surface area contributed by atoms with E-state index in [1.807, 2.05) is 0 Å². The first kappa shape index (κ1) is 17.0. The number of amides is 3. The summed E-state index contributed by atoms with van der Waals surface area (Å²) in [5.74, 6) is -0.196. The highest BCUT2D eigenvalue weighted by Crippen LogP contribution is 2.27. The van der Waals surface area contributed by atoms with Gasteiger partial charge in [0.05, 0.1) is 12.1 Å². The quantitative estimate of drug-likeness (QED) is 0.874. The molecule has 0 bridgehead atoms. The zero-order chi connectivity index (χ0) is 17.3. The molecule has 130 valence electrons. The fourth-order valence-corrected chi connectivity index (χ4v) is 3.32. The normalized spacial score (nSPS) is 19.2. The van der Waals surface area contributed by atoms with Crippen LogP contribution in [0.3, 0.4) is 0 Å². The summed E-state index contributed by atoms with van der Waals surface area (Å²) in [6.07, 6.45) is 3.04. The van der Waals surface area contributed by atoms with E-state index in [4.69, 9.17) is 11.6 Å². The molecule has 1 saturated carbocycles. The number of benzene rings is 1. The van der Waals surface area contributed by atoms with Crippen molar-refractivity contribution >= 4 is 23.5 Å². The molecule has 3 rings (SSSR count). The van der Waals surface area contributed by atoms with Crippen LogP contribution in [0.4, 0.5) is 9.18 Å². The minimum atomic E-state index is -0.533. The van der Waals surface area contributed by atoms with Gasteiger partial charge < -0.3 is 15.5 Å². The van der Waals surface area contributed by atoms with E-state index < -0.39 is 11.9 Å². The Hall–Kier alpha value is -1.82. The van der Waals surface area contributed by atoms with Crippen molar-refractivity contribution in [2.75, 3.05) is 13.1 Å². The lowest BCUT2D eigenvalue weighted by molar-refractivity contribution is -0.129. The van der Waals surface area contributed by atoms with Gasteiger partial charge in [-0.3, -0.25) is 4.79 Å². The van der Waals surface area contributed by atoms with Crippen LogP contribution in [0.5, 0.6) is 0 Å². The minimum absolute atomic E-state index is 0.0104. The Morgan fingerprint density at radius 1 is 1.33 bits per heavy atom. The number of nitrogens with zero attached hydrogens (tertiary/aromatic N) is 1. The molecule has 1 atom stereocenters. The van der Waals surface area contributed by atoms with Gasteiger partial charge in [-0.1, -0.05) is 24.1 Å². The molecule has 1 saturated heterocycles. The SMILES string of the molecule is CC(NC(=O)N1CC(NC(=O)C2CCC2)C1)c1c(F)cccc1Cl. The van der Waals surface area contributed by atoms with Crippen molar-refractivity contribution in [3.63, 3.8) is 0 Å². The van der Waals surface area contributed by atoms with E-state index in [1.54, 1.807) is 17.9 Å². The van der Waals surface area contributed by atoms with Crippen molar-refractivity contribution in [1.29, 1.82) is 0 Å². The third kappa shape index (κ3) is 3.48. The smallest absolute Gasteiger partial charge is 0.318 e. The molecule has 1 aliphatic carbocycles. The standard InChI is InChI=1S/C17H21ClFN3O2/c1-10(15-13(18)6-3-7-14(15)19)20-17(24)22-8-12(9-22)21-16(23)11-4-2-5-11/h3,6-7,10-12H,2,4-5,8-9H2,1H3,(H,20,24)(H,21,23). The maximum atomic E-state index is 13.9. The third-order valence-corrected chi connectivity index (χ3v) is 5.09. The summed E-state index contributed by atoms with van der Waals surface area (Å²) in [5.41, 5.74) is 0.280. The van der Waals surface area contributed by atoms with Gasteiger partial charge in [0.15, 0.2) is 0 Å². The number of likely N-dealkylation sites (tertiary alicyclic amines) is 1. The summed E-state index contributed by atoms with van der Waals surface area (Å²) < 4.78 is 13.9. The highest BCUT2D eigenvalue weighted by Gasteiger charge is 2.35. The summed E-state index contributed by atoms with van der Waals surface area (Å²) in [4.78, 5) is 25.7. The van der Waals surface area contributed by atoms with Crippen LogP contribution in [-0.2, 0) is 4.79 Å². The Bertz CT molecular complexity index is 624. The number of carbonyl (C=O) groups excluding carboxylic acids is 2. The second kappa shape index (κ2) is 6.97. The average Bonchev–Trinajstić information content (AvgIpc) is 2.39. The first-order chi connectivity index (χ1) is 11.5. The Morgan fingerprint density at radius 2 is 2.04 bits per heavy atom. The highest BCUT2D eigenvalue weighted by molar-refractivity contribution is 6.31. The van der Waals surface area contributed by atoms with E-state index >= 15 is 0 Å². The van der Waals surface area contributed by atoms with E-state index in [1.165, 1.54) is 12.1 Å². The van der Waals surface area contributed by atoms with E-state index in [9.17, 15) is 14.0 Å². The van der Waals surface area contributed by atoms with Crippen molar-refractivity contribution in [2.24, 2.45) is 5.92 Å².